The Bertz CT molecular complexity index is 992. The average molecular weight is 391 g/mol. The van der Waals surface area contributed by atoms with E-state index in [-0.39, 0.29) is 6.04 Å². The first-order valence-corrected chi connectivity index (χ1v) is 10.3. The van der Waals surface area contributed by atoms with Crippen LogP contribution in [0.5, 0.6) is 11.5 Å². The molecule has 0 N–H and O–H groups in total. The highest BCUT2D eigenvalue weighted by molar-refractivity contribution is 5.41. The Labute approximate surface area is 173 Å². The van der Waals surface area contributed by atoms with Gasteiger partial charge in [-0.25, -0.2) is 0 Å². The van der Waals surface area contributed by atoms with Crippen molar-refractivity contribution >= 4 is 0 Å². The third-order valence-electron chi connectivity index (χ3n) is 6.07. The fraction of sp³-hybridized carbons (Fsp3) is 0.360. The second-order valence-corrected chi connectivity index (χ2v) is 7.87. The summed E-state index contributed by atoms with van der Waals surface area (Å²) in [4.78, 5) is 2.58. The Morgan fingerprint density at radius 3 is 2.55 bits per heavy atom. The van der Waals surface area contributed by atoms with Gasteiger partial charge in [0.25, 0.3) is 0 Å². The van der Waals surface area contributed by atoms with E-state index in [1.807, 2.05) is 12.1 Å². The second-order valence-electron chi connectivity index (χ2n) is 7.87. The first-order valence-electron chi connectivity index (χ1n) is 10.3. The van der Waals surface area contributed by atoms with E-state index in [0.717, 1.165) is 37.6 Å². The first kappa shape index (κ1) is 19.6. The van der Waals surface area contributed by atoms with Crippen LogP contribution in [0.15, 0.2) is 54.7 Å². The fourth-order valence-electron chi connectivity index (χ4n) is 4.33. The third-order valence-corrected chi connectivity index (χ3v) is 6.07. The molecule has 0 saturated heterocycles. The summed E-state index contributed by atoms with van der Waals surface area (Å²) in [5, 5.41) is 0. The lowest BCUT2D eigenvalue weighted by Gasteiger charge is -2.31. The quantitative estimate of drug-likeness (QED) is 0.605. The monoisotopic (exact) mass is 390 g/mol. The number of methoxy groups -OCH3 is 2. The lowest BCUT2D eigenvalue weighted by Crippen LogP contribution is -2.29. The molecule has 4 rings (SSSR count). The number of aryl methyl sites for hydroxylation is 3. The Morgan fingerprint density at radius 1 is 0.931 bits per heavy atom. The van der Waals surface area contributed by atoms with Gasteiger partial charge >= 0.3 is 0 Å². The maximum atomic E-state index is 5.68. The number of ether oxygens (including phenoxy) is 2. The molecule has 2 heterocycles. The predicted molar refractivity (Wildman–Crippen MR) is 117 cm³/mol. The van der Waals surface area contributed by atoms with Crippen LogP contribution >= 0.6 is 0 Å². The van der Waals surface area contributed by atoms with Gasteiger partial charge in [0.1, 0.15) is 11.5 Å². The summed E-state index contributed by atoms with van der Waals surface area (Å²) in [7, 11) is 3.42. The first-order chi connectivity index (χ1) is 14.1. The highest BCUT2D eigenvalue weighted by Crippen LogP contribution is 2.35. The Balaban J connectivity index is 1.75. The molecule has 0 amide bonds. The smallest absolute Gasteiger partial charge is 0.127 e. The van der Waals surface area contributed by atoms with Gasteiger partial charge in [0.15, 0.2) is 0 Å². The summed E-state index contributed by atoms with van der Waals surface area (Å²) in [6.07, 6.45) is 3.34. The van der Waals surface area contributed by atoms with Crippen LogP contribution in [0.3, 0.4) is 0 Å². The molecule has 1 atom stereocenters. The molecule has 1 aliphatic rings. The Morgan fingerprint density at radius 2 is 1.79 bits per heavy atom. The summed E-state index contributed by atoms with van der Waals surface area (Å²) in [6.45, 7) is 7.30. The molecular weight excluding hydrogens is 360 g/mol. The van der Waals surface area contributed by atoms with E-state index < -0.39 is 0 Å². The summed E-state index contributed by atoms with van der Waals surface area (Å²) in [6, 6.07) is 17.6. The number of aromatic nitrogens is 1. The van der Waals surface area contributed by atoms with Crippen LogP contribution in [0.4, 0.5) is 0 Å². The Kier molecular flexibility index (Phi) is 5.63. The molecule has 0 unspecified atom stereocenters. The van der Waals surface area contributed by atoms with E-state index >= 15 is 0 Å². The summed E-state index contributed by atoms with van der Waals surface area (Å²) < 4.78 is 13.5. The molecule has 152 valence electrons. The molecule has 4 heteroatoms. The van der Waals surface area contributed by atoms with Crippen molar-refractivity contribution in [3.63, 3.8) is 0 Å². The molecule has 0 bridgehead atoms. The molecule has 29 heavy (non-hydrogen) atoms. The van der Waals surface area contributed by atoms with Gasteiger partial charge in [0.05, 0.1) is 20.3 Å². The van der Waals surface area contributed by atoms with Gasteiger partial charge in [-0.05, 0) is 55.2 Å². The molecule has 0 spiro atoms. The van der Waals surface area contributed by atoms with Gasteiger partial charge in [-0.1, -0.05) is 24.3 Å². The van der Waals surface area contributed by atoms with E-state index in [1.54, 1.807) is 14.2 Å². The van der Waals surface area contributed by atoms with E-state index in [1.165, 1.54) is 27.9 Å². The lowest BCUT2D eigenvalue weighted by atomic mass is 9.97. The molecule has 0 fully saturated rings. The van der Waals surface area contributed by atoms with Crippen LogP contribution in [-0.2, 0) is 13.1 Å². The van der Waals surface area contributed by atoms with E-state index in [9.17, 15) is 0 Å². The van der Waals surface area contributed by atoms with Gasteiger partial charge in [0.2, 0.25) is 0 Å². The topological polar surface area (TPSA) is 26.6 Å². The van der Waals surface area contributed by atoms with Crippen molar-refractivity contribution in [2.24, 2.45) is 0 Å². The molecule has 0 aliphatic carbocycles. The Hall–Kier alpha value is -2.72. The van der Waals surface area contributed by atoms with Crippen molar-refractivity contribution in [3.8, 4) is 11.5 Å². The zero-order chi connectivity index (χ0) is 20.4. The number of benzene rings is 2. The predicted octanol–water partition coefficient (Wildman–Crippen LogP) is 5.12. The van der Waals surface area contributed by atoms with Crippen molar-refractivity contribution in [3.05, 3.63) is 82.7 Å². The molecule has 0 radical (unpaired) electrons. The molecular formula is C25H30N2O2. The highest BCUT2D eigenvalue weighted by Gasteiger charge is 2.28. The number of nitrogens with zero attached hydrogens (tertiary/aromatic N) is 2. The normalized spacial score (nSPS) is 16.9. The SMILES string of the molecule is COc1ccc(CN2CCCn3cccc3[C@H]2c2ccc(C)c(C)c2)c(OC)c1. The van der Waals surface area contributed by atoms with Gasteiger partial charge in [-0.2, -0.15) is 0 Å². The maximum absolute atomic E-state index is 5.68. The number of hydrogen-bond donors (Lipinski definition) is 0. The summed E-state index contributed by atoms with van der Waals surface area (Å²) in [5.41, 5.74) is 6.57. The standard InChI is InChI=1S/C25H30N2O2/c1-18-8-9-20(15-19(18)2)25-23-7-5-12-26(23)13-6-14-27(25)17-21-10-11-22(28-3)16-24(21)29-4/h5,7-12,15-16,25H,6,13-14,17H2,1-4H3/t25-/m1/s1. The van der Waals surface area contributed by atoms with Crippen molar-refractivity contribution in [2.45, 2.75) is 39.4 Å². The van der Waals surface area contributed by atoms with Gasteiger partial charge in [0, 0.05) is 43.2 Å². The fourth-order valence-corrected chi connectivity index (χ4v) is 4.33. The zero-order valence-corrected chi connectivity index (χ0v) is 17.8. The highest BCUT2D eigenvalue weighted by atomic mass is 16.5. The third kappa shape index (κ3) is 3.90. The second kappa shape index (κ2) is 8.34. The van der Waals surface area contributed by atoms with Gasteiger partial charge < -0.3 is 14.0 Å². The molecule has 1 aromatic heterocycles. The van der Waals surface area contributed by atoms with Gasteiger partial charge in [-0.3, -0.25) is 4.90 Å². The van der Waals surface area contributed by atoms with Crippen LogP contribution in [0, 0.1) is 13.8 Å². The number of rotatable bonds is 5. The minimum absolute atomic E-state index is 0.221. The number of fused-ring (bicyclic) bond motifs is 1. The molecule has 3 aromatic rings. The lowest BCUT2D eigenvalue weighted by molar-refractivity contribution is 0.217. The summed E-state index contributed by atoms with van der Waals surface area (Å²) >= 11 is 0. The minimum atomic E-state index is 0.221. The van der Waals surface area contributed by atoms with Crippen molar-refractivity contribution in [1.82, 2.24) is 9.47 Å². The van der Waals surface area contributed by atoms with E-state index in [2.05, 4.69) is 65.9 Å². The molecule has 4 nitrogen and oxygen atoms in total. The van der Waals surface area contributed by atoms with Gasteiger partial charge in [-0.15, -0.1) is 0 Å². The zero-order valence-electron chi connectivity index (χ0n) is 17.8. The van der Waals surface area contributed by atoms with Crippen LogP contribution < -0.4 is 9.47 Å². The van der Waals surface area contributed by atoms with Crippen LogP contribution in [0.25, 0.3) is 0 Å². The van der Waals surface area contributed by atoms with Crippen molar-refractivity contribution < 1.29 is 9.47 Å². The van der Waals surface area contributed by atoms with Crippen LogP contribution in [0.2, 0.25) is 0 Å². The minimum Gasteiger partial charge on any atom is -0.497 e. The number of hydrogen-bond acceptors (Lipinski definition) is 3. The van der Waals surface area contributed by atoms with Crippen LogP contribution in [-0.4, -0.2) is 30.2 Å². The molecule has 0 saturated carbocycles. The maximum Gasteiger partial charge on any atom is 0.127 e. The van der Waals surface area contributed by atoms with Crippen molar-refractivity contribution in [2.75, 3.05) is 20.8 Å². The van der Waals surface area contributed by atoms with Crippen LogP contribution in [0.1, 0.15) is 40.4 Å². The van der Waals surface area contributed by atoms with E-state index in [4.69, 9.17) is 9.47 Å². The van der Waals surface area contributed by atoms with Crippen molar-refractivity contribution in [1.29, 1.82) is 0 Å². The molecule has 1 aliphatic heterocycles. The average Bonchev–Trinajstić information content (AvgIpc) is 3.12. The summed E-state index contributed by atoms with van der Waals surface area (Å²) in [5.74, 6) is 1.70. The van der Waals surface area contributed by atoms with E-state index in [0.29, 0.717) is 0 Å². The molecule has 2 aromatic carbocycles. The largest absolute Gasteiger partial charge is 0.497 e.